The molecule has 1 N–H and O–H groups in total. The molecule has 0 spiro atoms. The summed E-state index contributed by atoms with van der Waals surface area (Å²) >= 11 is 0. The third-order valence-electron chi connectivity index (χ3n) is 4.79. The van der Waals surface area contributed by atoms with E-state index in [-0.39, 0.29) is 19.0 Å². The number of fused-ring (bicyclic) bond motifs is 1. The molecule has 0 amide bonds. The van der Waals surface area contributed by atoms with Gasteiger partial charge in [-0.15, -0.1) is 0 Å². The fourth-order valence-corrected chi connectivity index (χ4v) is 3.28. The van der Waals surface area contributed by atoms with Crippen molar-refractivity contribution in [1.29, 1.82) is 0 Å². The first-order valence-corrected chi connectivity index (χ1v) is 9.23. The van der Waals surface area contributed by atoms with Gasteiger partial charge in [0.05, 0.1) is 17.8 Å². The van der Waals surface area contributed by atoms with E-state index in [1.54, 1.807) is 0 Å². The summed E-state index contributed by atoms with van der Waals surface area (Å²) in [5.74, 6) is 7.08. The Morgan fingerprint density at radius 3 is 2.67 bits per heavy atom. The highest BCUT2D eigenvalue weighted by Gasteiger charge is 2.26. The van der Waals surface area contributed by atoms with Gasteiger partial charge >= 0.3 is 0 Å². The van der Waals surface area contributed by atoms with Crippen LogP contribution in [0.5, 0.6) is 0 Å². The van der Waals surface area contributed by atoms with Crippen molar-refractivity contribution in [3.8, 4) is 23.2 Å². The van der Waals surface area contributed by atoms with Crippen molar-refractivity contribution in [2.45, 2.75) is 38.3 Å². The second-order valence-electron chi connectivity index (χ2n) is 6.70. The van der Waals surface area contributed by atoms with Crippen molar-refractivity contribution in [2.24, 2.45) is 0 Å². The molecule has 4 rings (SSSR count). The summed E-state index contributed by atoms with van der Waals surface area (Å²) in [7, 11) is 0. The van der Waals surface area contributed by atoms with Crippen LogP contribution in [0.25, 0.3) is 22.3 Å². The number of ether oxygens (including phenoxy) is 2. The summed E-state index contributed by atoms with van der Waals surface area (Å²) in [5.41, 5.74) is 2.69. The molecular formula is C23H22O4. The highest BCUT2D eigenvalue weighted by Crippen LogP contribution is 2.32. The molecule has 1 aromatic heterocycles. The minimum Gasteiger partial charge on any atom is -0.455 e. The highest BCUT2D eigenvalue weighted by molar-refractivity contribution is 5.91. The predicted molar refractivity (Wildman–Crippen MR) is 104 cm³/mol. The molecule has 2 heterocycles. The molecule has 4 nitrogen and oxygen atoms in total. The standard InChI is InChI=1S/C23H22O4/c1-16-20(24)13-14-22(26-16)25-15-7-11-19-18-10-5-6-12-21(18)27-23(19)17-8-3-2-4-9-17/h2-6,8-10,12,16,20,22,24H,13-15H2,1H3/t16-,20+,22-/m0/s1. The number of aliphatic hydroxyl groups excluding tert-OH is 1. The first kappa shape index (κ1) is 17.8. The van der Waals surface area contributed by atoms with Crippen LogP contribution in [-0.2, 0) is 9.47 Å². The quantitative estimate of drug-likeness (QED) is 0.704. The van der Waals surface area contributed by atoms with Crippen molar-refractivity contribution < 1.29 is 19.0 Å². The minimum atomic E-state index is -0.415. The van der Waals surface area contributed by atoms with E-state index in [0.29, 0.717) is 12.8 Å². The zero-order valence-corrected chi connectivity index (χ0v) is 15.2. The number of aliphatic hydroxyl groups is 1. The number of rotatable bonds is 3. The van der Waals surface area contributed by atoms with Gasteiger partial charge in [-0.3, -0.25) is 0 Å². The van der Waals surface area contributed by atoms with Crippen LogP contribution >= 0.6 is 0 Å². The van der Waals surface area contributed by atoms with Crippen molar-refractivity contribution in [2.75, 3.05) is 6.61 Å². The van der Waals surface area contributed by atoms with E-state index in [0.717, 1.165) is 27.9 Å². The number of hydrogen-bond acceptors (Lipinski definition) is 4. The van der Waals surface area contributed by atoms with Crippen LogP contribution in [0.3, 0.4) is 0 Å². The molecule has 0 aliphatic carbocycles. The molecule has 2 aromatic carbocycles. The van der Waals surface area contributed by atoms with Gasteiger partial charge in [0.15, 0.2) is 12.1 Å². The Morgan fingerprint density at radius 1 is 1.07 bits per heavy atom. The number of benzene rings is 2. The lowest BCUT2D eigenvalue weighted by molar-refractivity contribution is -0.211. The monoisotopic (exact) mass is 362 g/mol. The lowest BCUT2D eigenvalue weighted by Gasteiger charge is -2.31. The summed E-state index contributed by atoms with van der Waals surface area (Å²) in [5, 5.41) is 10.7. The molecule has 0 bridgehead atoms. The normalized spacial score (nSPS) is 22.4. The summed E-state index contributed by atoms with van der Waals surface area (Å²) in [4.78, 5) is 0. The predicted octanol–water partition coefficient (Wildman–Crippen LogP) is 4.35. The van der Waals surface area contributed by atoms with Crippen LogP contribution in [0, 0.1) is 11.8 Å². The molecule has 4 heteroatoms. The maximum Gasteiger partial charge on any atom is 0.159 e. The maximum absolute atomic E-state index is 9.71. The van der Waals surface area contributed by atoms with E-state index in [1.165, 1.54) is 0 Å². The molecule has 3 atom stereocenters. The molecule has 1 fully saturated rings. The minimum absolute atomic E-state index is 0.209. The summed E-state index contributed by atoms with van der Waals surface area (Å²) < 4.78 is 17.4. The third-order valence-corrected chi connectivity index (χ3v) is 4.79. The van der Waals surface area contributed by atoms with Crippen molar-refractivity contribution >= 4 is 11.0 Å². The van der Waals surface area contributed by atoms with E-state index in [9.17, 15) is 5.11 Å². The average molecular weight is 362 g/mol. The fourth-order valence-electron chi connectivity index (χ4n) is 3.28. The Labute approximate surface area is 158 Å². The fraction of sp³-hybridized carbons (Fsp3) is 0.304. The van der Waals surface area contributed by atoms with E-state index in [4.69, 9.17) is 13.9 Å². The van der Waals surface area contributed by atoms with Gasteiger partial charge in [-0.05, 0) is 25.5 Å². The van der Waals surface area contributed by atoms with Gasteiger partial charge in [0.2, 0.25) is 0 Å². The lowest BCUT2D eigenvalue weighted by atomic mass is 10.1. The highest BCUT2D eigenvalue weighted by atomic mass is 16.7. The zero-order chi connectivity index (χ0) is 18.6. The van der Waals surface area contributed by atoms with Gasteiger partial charge in [-0.2, -0.15) is 0 Å². The van der Waals surface area contributed by atoms with Crippen LogP contribution in [0.2, 0.25) is 0 Å². The smallest absolute Gasteiger partial charge is 0.159 e. The Hall–Kier alpha value is -2.58. The van der Waals surface area contributed by atoms with E-state index in [1.807, 2.05) is 61.5 Å². The molecule has 3 aromatic rings. The van der Waals surface area contributed by atoms with Crippen LogP contribution in [-0.4, -0.2) is 30.2 Å². The van der Waals surface area contributed by atoms with Crippen LogP contribution in [0.15, 0.2) is 59.0 Å². The zero-order valence-electron chi connectivity index (χ0n) is 15.2. The summed E-state index contributed by atoms with van der Waals surface area (Å²) in [6.07, 6.45) is 0.425. The molecule has 1 aliphatic rings. The topological polar surface area (TPSA) is 51.8 Å². The van der Waals surface area contributed by atoms with Crippen LogP contribution in [0.4, 0.5) is 0 Å². The molecule has 0 radical (unpaired) electrons. The van der Waals surface area contributed by atoms with Gasteiger partial charge in [0, 0.05) is 17.4 Å². The Bertz CT molecular complexity index is 964. The van der Waals surface area contributed by atoms with Gasteiger partial charge in [-0.1, -0.05) is 54.3 Å². The Kier molecular flexibility index (Phi) is 5.26. The van der Waals surface area contributed by atoms with E-state index >= 15 is 0 Å². The SMILES string of the molecule is C[C@@H]1O[C@H](OCC#Cc2c(-c3ccccc3)oc3ccccc23)CC[C@H]1O. The van der Waals surface area contributed by atoms with E-state index < -0.39 is 6.10 Å². The van der Waals surface area contributed by atoms with Crippen LogP contribution < -0.4 is 0 Å². The van der Waals surface area contributed by atoms with Crippen molar-refractivity contribution in [3.63, 3.8) is 0 Å². The number of para-hydroxylation sites is 1. The molecule has 0 saturated carbocycles. The first-order chi connectivity index (χ1) is 13.2. The molecule has 27 heavy (non-hydrogen) atoms. The molecule has 138 valence electrons. The van der Waals surface area contributed by atoms with Crippen molar-refractivity contribution in [1.82, 2.24) is 0 Å². The van der Waals surface area contributed by atoms with Crippen LogP contribution in [0.1, 0.15) is 25.3 Å². The molecule has 1 aliphatic heterocycles. The third kappa shape index (κ3) is 3.91. The second kappa shape index (κ2) is 7.98. The Balaban J connectivity index is 1.55. The largest absolute Gasteiger partial charge is 0.455 e. The summed E-state index contributed by atoms with van der Waals surface area (Å²) in [6.45, 7) is 2.12. The number of hydrogen-bond donors (Lipinski definition) is 1. The van der Waals surface area contributed by atoms with E-state index in [2.05, 4.69) is 11.8 Å². The van der Waals surface area contributed by atoms with Gasteiger partial charge in [-0.25, -0.2) is 0 Å². The molecule has 1 saturated heterocycles. The van der Waals surface area contributed by atoms with Crippen molar-refractivity contribution in [3.05, 3.63) is 60.2 Å². The maximum atomic E-state index is 9.71. The molecular weight excluding hydrogens is 340 g/mol. The van der Waals surface area contributed by atoms with Gasteiger partial charge in [0.1, 0.15) is 12.2 Å². The second-order valence-corrected chi connectivity index (χ2v) is 6.70. The lowest BCUT2D eigenvalue weighted by Crippen LogP contribution is -2.37. The average Bonchev–Trinajstić information content (AvgIpc) is 3.07. The van der Waals surface area contributed by atoms with Gasteiger partial charge in [0.25, 0.3) is 0 Å². The van der Waals surface area contributed by atoms with Gasteiger partial charge < -0.3 is 19.0 Å². The molecule has 0 unspecified atom stereocenters. The Morgan fingerprint density at radius 2 is 1.85 bits per heavy atom. The summed E-state index contributed by atoms with van der Waals surface area (Å²) in [6, 6.07) is 17.9. The number of furan rings is 1. The first-order valence-electron chi connectivity index (χ1n) is 9.23.